The molecule has 1 saturated heterocycles. The van der Waals surface area contributed by atoms with Crippen LogP contribution >= 0.6 is 11.6 Å². The van der Waals surface area contributed by atoms with E-state index in [4.69, 9.17) is 11.6 Å². The third-order valence-electron chi connectivity index (χ3n) is 5.10. The number of piperazine rings is 1. The van der Waals surface area contributed by atoms with Gasteiger partial charge in [0.1, 0.15) is 4.90 Å². The molecule has 0 spiro atoms. The van der Waals surface area contributed by atoms with Gasteiger partial charge in [-0.3, -0.25) is 19.3 Å². The van der Waals surface area contributed by atoms with Gasteiger partial charge in [0.05, 0.1) is 16.2 Å². The normalized spacial score (nSPS) is 14.5. The van der Waals surface area contributed by atoms with E-state index in [0.29, 0.717) is 42.6 Å². The number of carbonyl (C=O) groups excluding carboxylic acids is 2. The molecule has 160 valence electrons. The van der Waals surface area contributed by atoms with Crippen molar-refractivity contribution >= 4 is 50.5 Å². The summed E-state index contributed by atoms with van der Waals surface area (Å²) in [5.74, 6) is -0.222. The number of rotatable bonds is 5. The van der Waals surface area contributed by atoms with E-state index < -0.39 is 10.0 Å². The number of aromatic nitrogens is 1. The van der Waals surface area contributed by atoms with Crippen LogP contribution in [-0.2, 0) is 14.8 Å². The number of anilines is 1. The molecular weight excluding hydrogens is 440 g/mol. The van der Waals surface area contributed by atoms with Crippen LogP contribution in [0.3, 0.4) is 0 Å². The van der Waals surface area contributed by atoms with Gasteiger partial charge in [-0.1, -0.05) is 29.8 Å². The lowest BCUT2D eigenvalue weighted by atomic mass is 10.1. The first kappa shape index (κ1) is 21.1. The van der Waals surface area contributed by atoms with Crippen LogP contribution in [0, 0.1) is 0 Å². The molecule has 4 rings (SSSR count). The van der Waals surface area contributed by atoms with Crippen molar-refractivity contribution in [1.82, 2.24) is 14.8 Å². The molecule has 1 aromatic heterocycles. The molecular formula is C21H19ClN4O4S. The van der Waals surface area contributed by atoms with Crippen molar-refractivity contribution in [2.75, 3.05) is 30.9 Å². The fraction of sp³-hybridized carbons (Fsp3) is 0.190. The van der Waals surface area contributed by atoms with Gasteiger partial charge in [-0.2, -0.15) is 0 Å². The smallest absolute Gasteiger partial charge is 0.264 e. The van der Waals surface area contributed by atoms with E-state index in [1.165, 1.54) is 30.5 Å². The summed E-state index contributed by atoms with van der Waals surface area (Å²) in [5, 5.41) is 0.807. The van der Waals surface area contributed by atoms with Gasteiger partial charge in [0.2, 0.25) is 6.41 Å². The Hall–Kier alpha value is -3.17. The van der Waals surface area contributed by atoms with Gasteiger partial charge in [0, 0.05) is 43.3 Å². The Kier molecular flexibility index (Phi) is 5.79. The predicted octanol–water partition coefficient (Wildman–Crippen LogP) is 2.60. The van der Waals surface area contributed by atoms with E-state index in [-0.39, 0.29) is 21.5 Å². The lowest BCUT2D eigenvalue weighted by Crippen LogP contribution is -2.48. The van der Waals surface area contributed by atoms with Crippen LogP contribution in [0.5, 0.6) is 0 Å². The molecule has 10 heteroatoms. The van der Waals surface area contributed by atoms with Crippen molar-refractivity contribution in [3.63, 3.8) is 0 Å². The summed E-state index contributed by atoms with van der Waals surface area (Å²) in [4.78, 5) is 31.0. The topological polar surface area (TPSA) is 99.7 Å². The lowest BCUT2D eigenvalue weighted by Gasteiger charge is -2.32. The second-order valence-electron chi connectivity index (χ2n) is 7.06. The van der Waals surface area contributed by atoms with Gasteiger partial charge in [0.25, 0.3) is 15.9 Å². The molecule has 1 aliphatic rings. The molecule has 3 aromatic rings. The quantitative estimate of drug-likeness (QED) is 0.592. The average Bonchev–Trinajstić information content (AvgIpc) is 2.79. The zero-order chi connectivity index (χ0) is 22.0. The third kappa shape index (κ3) is 4.33. The SMILES string of the molecule is O=CN1CCN(C(=O)c2ccc(NS(=O)(=O)c3cccc4cccnc34)c(Cl)c2)CC1. The van der Waals surface area contributed by atoms with Crippen molar-refractivity contribution in [3.8, 4) is 0 Å². The molecule has 1 fully saturated rings. The van der Waals surface area contributed by atoms with Crippen molar-refractivity contribution in [2.45, 2.75) is 4.90 Å². The predicted molar refractivity (Wildman–Crippen MR) is 118 cm³/mol. The second kappa shape index (κ2) is 8.52. The first-order valence-corrected chi connectivity index (χ1v) is 11.4. The molecule has 8 nitrogen and oxygen atoms in total. The van der Waals surface area contributed by atoms with Crippen LogP contribution in [0.2, 0.25) is 5.02 Å². The molecule has 0 saturated carbocycles. The zero-order valence-electron chi connectivity index (χ0n) is 16.4. The Balaban J connectivity index is 1.56. The minimum absolute atomic E-state index is 0.0369. The summed E-state index contributed by atoms with van der Waals surface area (Å²) in [6.07, 6.45) is 2.30. The number of amides is 2. The summed E-state index contributed by atoms with van der Waals surface area (Å²) < 4.78 is 28.4. The number of pyridine rings is 1. The maximum atomic E-state index is 13.0. The van der Waals surface area contributed by atoms with Crippen LogP contribution in [0.15, 0.2) is 59.6 Å². The Labute approximate surface area is 184 Å². The van der Waals surface area contributed by atoms with Crippen molar-refractivity contribution in [2.24, 2.45) is 0 Å². The molecule has 1 aliphatic heterocycles. The first-order chi connectivity index (χ1) is 14.9. The van der Waals surface area contributed by atoms with Crippen LogP contribution in [0.25, 0.3) is 10.9 Å². The highest BCUT2D eigenvalue weighted by Gasteiger charge is 2.23. The monoisotopic (exact) mass is 458 g/mol. The Morgan fingerprint density at radius 1 is 1.06 bits per heavy atom. The molecule has 0 aliphatic carbocycles. The molecule has 0 radical (unpaired) electrons. The zero-order valence-corrected chi connectivity index (χ0v) is 17.9. The number of sulfonamides is 1. The molecule has 31 heavy (non-hydrogen) atoms. The van der Waals surface area contributed by atoms with E-state index in [2.05, 4.69) is 9.71 Å². The number of nitrogens with one attached hydrogen (secondary N) is 1. The molecule has 1 N–H and O–H groups in total. The number of hydrogen-bond acceptors (Lipinski definition) is 5. The van der Waals surface area contributed by atoms with E-state index in [0.717, 1.165) is 6.41 Å². The van der Waals surface area contributed by atoms with Gasteiger partial charge in [-0.05, 0) is 30.3 Å². The van der Waals surface area contributed by atoms with E-state index in [1.54, 1.807) is 34.1 Å². The molecule has 0 unspecified atom stereocenters. The lowest BCUT2D eigenvalue weighted by molar-refractivity contribution is -0.119. The summed E-state index contributed by atoms with van der Waals surface area (Å²) in [5.41, 5.74) is 0.867. The molecule has 2 heterocycles. The standard InChI is InChI=1S/C21H19ClN4O4S/c22-17-13-16(21(28)26-11-9-25(14-27)10-12-26)6-7-18(17)24-31(29,30)19-5-1-3-15-4-2-8-23-20(15)19/h1-8,13-14,24H,9-12H2. The number of benzene rings is 2. The van der Waals surface area contributed by atoms with Crippen LogP contribution < -0.4 is 4.72 Å². The van der Waals surface area contributed by atoms with Crippen LogP contribution in [0.1, 0.15) is 10.4 Å². The maximum absolute atomic E-state index is 13.0. The number of nitrogens with zero attached hydrogens (tertiary/aromatic N) is 3. The highest BCUT2D eigenvalue weighted by Crippen LogP contribution is 2.28. The van der Waals surface area contributed by atoms with Gasteiger partial charge in [-0.25, -0.2) is 8.42 Å². The number of halogens is 1. The van der Waals surface area contributed by atoms with E-state index in [1.807, 2.05) is 0 Å². The highest BCUT2D eigenvalue weighted by atomic mass is 35.5. The summed E-state index contributed by atoms with van der Waals surface area (Å²) in [6, 6.07) is 12.8. The number of carbonyl (C=O) groups is 2. The summed E-state index contributed by atoms with van der Waals surface area (Å²) in [6.45, 7) is 1.80. The van der Waals surface area contributed by atoms with E-state index in [9.17, 15) is 18.0 Å². The first-order valence-electron chi connectivity index (χ1n) is 9.54. The summed E-state index contributed by atoms with van der Waals surface area (Å²) >= 11 is 6.30. The van der Waals surface area contributed by atoms with Crippen molar-refractivity contribution < 1.29 is 18.0 Å². The third-order valence-corrected chi connectivity index (χ3v) is 6.81. The highest BCUT2D eigenvalue weighted by molar-refractivity contribution is 7.93. The van der Waals surface area contributed by atoms with Crippen molar-refractivity contribution in [1.29, 1.82) is 0 Å². The van der Waals surface area contributed by atoms with Gasteiger partial charge in [-0.15, -0.1) is 0 Å². The van der Waals surface area contributed by atoms with Crippen molar-refractivity contribution in [3.05, 3.63) is 65.3 Å². The molecule has 0 atom stereocenters. The van der Waals surface area contributed by atoms with Gasteiger partial charge < -0.3 is 9.80 Å². The van der Waals surface area contributed by atoms with Gasteiger partial charge in [0.15, 0.2) is 0 Å². The number of hydrogen-bond donors (Lipinski definition) is 1. The minimum atomic E-state index is -3.96. The Bertz CT molecular complexity index is 1250. The molecule has 2 aromatic carbocycles. The molecule has 2 amide bonds. The number of para-hydroxylation sites is 1. The largest absolute Gasteiger partial charge is 0.342 e. The minimum Gasteiger partial charge on any atom is -0.342 e. The maximum Gasteiger partial charge on any atom is 0.264 e. The van der Waals surface area contributed by atoms with E-state index >= 15 is 0 Å². The average molecular weight is 459 g/mol. The summed E-state index contributed by atoms with van der Waals surface area (Å²) in [7, 11) is -3.96. The Morgan fingerprint density at radius 3 is 2.52 bits per heavy atom. The fourth-order valence-electron chi connectivity index (χ4n) is 3.44. The van der Waals surface area contributed by atoms with Gasteiger partial charge >= 0.3 is 0 Å². The fourth-order valence-corrected chi connectivity index (χ4v) is 4.98. The number of fused-ring (bicyclic) bond motifs is 1. The Morgan fingerprint density at radius 2 is 1.81 bits per heavy atom. The molecule has 0 bridgehead atoms. The van der Waals surface area contributed by atoms with Crippen LogP contribution in [0.4, 0.5) is 5.69 Å². The van der Waals surface area contributed by atoms with Crippen LogP contribution in [-0.4, -0.2) is 61.7 Å². The second-order valence-corrected chi connectivity index (χ2v) is 9.12.